The minimum absolute atomic E-state index is 0.322. The van der Waals surface area contributed by atoms with Crippen LogP contribution in [0.2, 0.25) is 0 Å². The zero-order chi connectivity index (χ0) is 12.0. The second kappa shape index (κ2) is 7.33. The number of rotatable bonds is 5. The number of carbonyl (C=O) groups is 1. The van der Waals surface area contributed by atoms with E-state index in [0.29, 0.717) is 12.5 Å². The molecule has 1 atom stereocenters. The molecule has 0 spiro atoms. The Balaban J connectivity index is 2.14. The smallest absolute Gasteiger partial charge is 0.253 e. The molecule has 0 radical (unpaired) electrons. The minimum atomic E-state index is -0.976. The SMILES string of the molecule is CC(CNC(=O)C(Cl)Cl)CN1CCOCC1. The van der Waals surface area contributed by atoms with Gasteiger partial charge < -0.3 is 10.1 Å². The van der Waals surface area contributed by atoms with Gasteiger partial charge in [0.15, 0.2) is 4.84 Å². The average molecular weight is 269 g/mol. The van der Waals surface area contributed by atoms with Crippen molar-refractivity contribution in [1.29, 1.82) is 0 Å². The third-order valence-corrected chi connectivity index (χ3v) is 2.89. The van der Waals surface area contributed by atoms with Crippen molar-refractivity contribution in [3.8, 4) is 0 Å². The lowest BCUT2D eigenvalue weighted by Gasteiger charge is -2.29. The van der Waals surface area contributed by atoms with Crippen molar-refractivity contribution in [1.82, 2.24) is 10.2 Å². The number of ether oxygens (including phenoxy) is 1. The number of nitrogens with zero attached hydrogens (tertiary/aromatic N) is 1. The molecule has 0 bridgehead atoms. The van der Waals surface area contributed by atoms with E-state index in [0.717, 1.165) is 32.8 Å². The van der Waals surface area contributed by atoms with Crippen molar-refractivity contribution in [2.24, 2.45) is 5.92 Å². The quantitative estimate of drug-likeness (QED) is 0.753. The third kappa shape index (κ3) is 5.34. The molecule has 16 heavy (non-hydrogen) atoms. The number of hydrogen-bond donors (Lipinski definition) is 1. The summed E-state index contributed by atoms with van der Waals surface area (Å²) >= 11 is 10.9. The molecule has 94 valence electrons. The minimum Gasteiger partial charge on any atom is -0.379 e. The molecule has 1 unspecified atom stereocenters. The van der Waals surface area contributed by atoms with Crippen LogP contribution in [0.3, 0.4) is 0 Å². The van der Waals surface area contributed by atoms with Gasteiger partial charge in [0.1, 0.15) is 0 Å². The van der Waals surface area contributed by atoms with E-state index in [1.165, 1.54) is 0 Å². The summed E-state index contributed by atoms with van der Waals surface area (Å²) in [6, 6.07) is 0. The van der Waals surface area contributed by atoms with Crippen molar-refractivity contribution in [3.63, 3.8) is 0 Å². The molecule has 0 aromatic heterocycles. The monoisotopic (exact) mass is 268 g/mol. The number of amides is 1. The zero-order valence-corrected chi connectivity index (χ0v) is 10.9. The van der Waals surface area contributed by atoms with E-state index in [1.54, 1.807) is 0 Å². The Morgan fingerprint density at radius 2 is 2.06 bits per heavy atom. The fourth-order valence-electron chi connectivity index (χ4n) is 1.64. The second-order valence-electron chi connectivity index (χ2n) is 4.06. The topological polar surface area (TPSA) is 41.6 Å². The second-order valence-corrected chi connectivity index (χ2v) is 5.16. The Kier molecular flexibility index (Phi) is 6.43. The Morgan fingerprint density at radius 3 is 2.62 bits per heavy atom. The van der Waals surface area contributed by atoms with Gasteiger partial charge in [0.2, 0.25) is 0 Å². The van der Waals surface area contributed by atoms with E-state index in [2.05, 4.69) is 17.1 Å². The molecule has 4 nitrogen and oxygen atoms in total. The summed E-state index contributed by atoms with van der Waals surface area (Å²) in [5.41, 5.74) is 0. The molecule has 1 saturated heterocycles. The number of morpholine rings is 1. The highest BCUT2D eigenvalue weighted by Gasteiger charge is 2.16. The van der Waals surface area contributed by atoms with Gasteiger partial charge in [-0.15, -0.1) is 0 Å². The van der Waals surface area contributed by atoms with E-state index in [1.807, 2.05) is 0 Å². The molecular weight excluding hydrogens is 251 g/mol. The van der Waals surface area contributed by atoms with Crippen LogP contribution in [-0.4, -0.2) is 55.0 Å². The van der Waals surface area contributed by atoms with Gasteiger partial charge in [0.05, 0.1) is 13.2 Å². The highest BCUT2D eigenvalue weighted by atomic mass is 35.5. The van der Waals surface area contributed by atoms with E-state index < -0.39 is 4.84 Å². The molecule has 1 rings (SSSR count). The normalized spacial score (nSPS) is 19.8. The highest BCUT2D eigenvalue weighted by molar-refractivity contribution is 6.53. The molecule has 0 aliphatic carbocycles. The van der Waals surface area contributed by atoms with Crippen molar-refractivity contribution < 1.29 is 9.53 Å². The Morgan fingerprint density at radius 1 is 1.44 bits per heavy atom. The van der Waals surface area contributed by atoms with Crippen LogP contribution >= 0.6 is 23.2 Å². The Bertz CT molecular complexity index is 221. The van der Waals surface area contributed by atoms with Crippen LogP contribution in [0.1, 0.15) is 6.92 Å². The van der Waals surface area contributed by atoms with Gasteiger partial charge in [-0.2, -0.15) is 0 Å². The summed E-state index contributed by atoms with van der Waals surface area (Å²) in [7, 11) is 0. The first kappa shape index (κ1) is 14.0. The Hall–Kier alpha value is -0.0300. The highest BCUT2D eigenvalue weighted by Crippen LogP contribution is 2.04. The average Bonchev–Trinajstić information content (AvgIpc) is 2.27. The van der Waals surface area contributed by atoms with E-state index in [-0.39, 0.29) is 5.91 Å². The van der Waals surface area contributed by atoms with Gasteiger partial charge >= 0.3 is 0 Å². The molecule has 0 aromatic rings. The van der Waals surface area contributed by atoms with Gasteiger partial charge in [0.25, 0.3) is 5.91 Å². The summed E-state index contributed by atoms with van der Waals surface area (Å²) in [5, 5.41) is 2.71. The first-order chi connectivity index (χ1) is 7.59. The van der Waals surface area contributed by atoms with E-state index in [9.17, 15) is 4.79 Å². The van der Waals surface area contributed by atoms with Crippen LogP contribution in [0.15, 0.2) is 0 Å². The van der Waals surface area contributed by atoms with Gasteiger partial charge in [0, 0.05) is 26.2 Å². The third-order valence-electron chi connectivity index (χ3n) is 2.50. The Labute approximate surface area is 106 Å². The van der Waals surface area contributed by atoms with Crippen molar-refractivity contribution in [3.05, 3.63) is 0 Å². The lowest BCUT2D eigenvalue weighted by Crippen LogP contribution is -2.42. The van der Waals surface area contributed by atoms with Crippen molar-refractivity contribution in [2.45, 2.75) is 11.8 Å². The van der Waals surface area contributed by atoms with Crippen molar-refractivity contribution >= 4 is 29.1 Å². The summed E-state index contributed by atoms with van der Waals surface area (Å²) in [6.45, 7) is 7.17. The molecule has 1 heterocycles. The van der Waals surface area contributed by atoms with Crippen LogP contribution < -0.4 is 5.32 Å². The maximum atomic E-state index is 11.1. The summed E-state index contributed by atoms with van der Waals surface area (Å²) < 4.78 is 5.26. The lowest BCUT2D eigenvalue weighted by atomic mass is 10.1. The fourth-order valence-corrected chi connectivity index (χ4v) is 1.80. The molecule has 0 saturated carbocycles. The molecule has 0 aromatic carbocycles. The molecule has 1 amide bonds. The number of carbonyl (C=O) groups excluding carboxylic acids is 1. The predicted molar refractivity (Wildman–Crippen MR) is 64.9 cm³/mol. The number of nitrogens with one attached hydrogen (secondary N) is 1. The number of halogens is 2. The fraction of sp³-hybridized carbons (Fsp3) is 0.900. The molecule has 6 heteroatoms. The summed E-state index contributed by atoms with van der Waals surface area (Å²) in [6.07, 6.45) is 0. The van der Waals surface area contributed by atoms with E-state index >= 15 is 0 Å². The van der Waals surface area contributed by atoms with Crippen LogP contribution in [0, 0.1) is 5.92 Å². The standard InChI is InChI=1S/C10H18Cl2N2O2/c1-8(6-13-10(15)9(11)12)7-14-2-4-16-5-3-14/h8-9H,2-7H2,1H3,(H,13,15). The molecule has 1 aliphatic rings. The van der Waals surface area contributed by atoms with Crippen LogP contribution in [0.25, 0.3) is 0 Å². The molecule has 1 aliphatic heterocycles. The van der Waals surface area contributed by atoms with Gasteiger partial charge in [-0.1, -0.05) is 30.1 Å². The largest absolute Gasteiger partial charge is 0.379 e. The molecule has 1 N–H and O–H groups in total. The van der Waals surface area contributed by atoms with Gasteiger partial charge in [-0.25, -0.2) is 0 Å². The first-order valence-corrected chi connectivity index (χ1v) is 6.33. The first-order valence-electron chi connectivity index (χ1n) is 5.45. The van der Waals surface area contributed by atoms with Crippen molar-refractivity contribution in [2.75, 3.05) is 39.4 Å². The predicted octanol–water partition coefficient (Wildman–Crippen LogP) is 0.875. The maximum Gasteiger partial charge on any atom is 0.253 e. The summed E-state index contributed by atoms with van der Waals surface area (Å²) in [5.74, 6) is 0.0614. The number of hydrogen-bond acceptors (Lipinski definition) is 3. The molecular formula is C10H18Cl2N2O2. The van der Waals surface area contributed by atoms with Crippen LogP contribution in [0.5, 0.6) is 0 Å². The maximum absolute atomic E-state index is 11.1. The van der Waals surface area contributed by atoms with Gasteiger partial charge in [-0.3, -0.25) is 9.69 Å². The molecule has 1 fully saturated rings. The lowest BCUT2D eigenvalue weighted by molar-refractivity contribution is -0.119. The van der Waals surface area contributed by atoms with E-state index in [4.69, 9.17) is 27.9 Å². The van der Waals surface area contributed by atoms with Crippen LogP contribution in [-0.2, 0) is 9.53 Å². The van der Waals surface area contributed by atoms with Crippen LogP contribution in [0.4, 0.5) is 0 Å². The number of alkyl halides is 2. The summed E-state index contributed by atoms with van der Waals surface area (Å²) in [4.78, 5) is 12.5. The zero-order valence-electron chi connectivity index (χ0n) is 9.42. The van der Waals surface area contributed by atoms with Gasteiger partial charge in [-0.05, 0) is 5.92 Å².